The largest absolute Gasteiger partial charge is 0.355 e. The number of carbonyl (C=O) groups excluding carboxylic acids is 1. The number of sulfone groups is 1. The highest BCUT2D eigenvalue weighted by atomic mass is 32.2. The van der Waals surface area contributed by atoms with Crippen LogP contribution in [0.15, 0.2) is 29.2 Å². The second-order valence-electron chi connectivity index (χ2n) is 5.08. The lowest BCUT2D eigenvalue weighted by Crippen LogP contribution is -2.47. The van der Waals surface area contributed by atoms with E-state index in [1.807, 2.05) is 12.1 Å². The van der Waals surface area contributed by atoms with Gasteiger partial charge in [0, 0.05) is 25.0 Å². The summed E-state index contributed by atoms with van der Waals surface area (Å²) in [6.07, 6.45) is 1.25. The summed E-state index contributed by atoms with van der Waals surface area (Å²) < 4.78 is 24.1. The normalized spacial score (nSPS) is 28.7. The smallest absolute Gasteiger partial charge is 0.220 e. The molecule has 0 saturated carbocycles. The molecule has 0 aliphatic carbocycles. The molecule has 2 N–H and O–H groups in total. The van der Waals surface area contributed by atoms with Gasteiger partial charge in [0.15, 0.2) is 9.84 Å². The molecule has 1 aromatic carbocycles. The topological polar surface area (TPSA) is 75.3 Å². The first-order valence-corrected chi connectivity index (χ1v) is 8.06. The maximum atomic E-state index is 12.0. The van der Waals surface area contributed by atoms with E-state index in [0.29, 0.717) is 17.9 Å². The van der Waals surface area contributed by atoms with E-state index in [4.69, 9.17) is 0 Å². The van der Waals surface area contributed by atoms with E-state index in [2.05, 4.69) is 10.6 Å². The van der Waals surface area contributed by atoms with Gasteiger partial charge in [0.25, 0.3) is 0 Å². The van der Waals surface area contributed by atoms with E-state index in [0.717, 1.165) is 12.0 Å². The number of rotatable bonds is 2. The molecule has 1 amide bonds. The summed E-state index contributed by atoms with van der Waals surface area (Å²) in [5, 5.41) is 6.16. The first-order valence-electron chi connectivity index (χ1n) is 6.41. The van der Waals surface area contributed by atoms with E-state index in [9.17, 15) is 13.2 Å². The van der Waals surface area contributed by atoms with Gasteiger partial charge in [-0.2, -0.15) is 0 Å². The molecule has 0 spiro atoms. The van der Waals surface area contributed by atoms with Crippen molar-refractivity contribution >= 4 is 15.7 Å². The SMILES string of the molecule is O=C1CCC(NC2CS(=O)(=O)c3ccccc32)CN1. The lowest BCUT2D eigenvalue weighted by Gasteiger charge is -2.26. The van der Waals surface area contributed by atoms with Crippen LogP contribution in [0.3, 0.4) is 0 Å². The Morgan fingerprint density at radius 2 is 2.05 bits per heavy atom. The molecule has 5 nitrogen and oxygen atoms in total. The van der Waals surface area contributed by atoms with Gasteiger partial charge in [-0.05, 0) is 18.1 Å². The summed E-state index contributed by atoms with van der Waals surface area (Å²) >= 11 is 0. The Hall–Kier alpha value is -1.40. The number of benzene rings is 1. The van der Waals surface area contributed by atoms with Gasteiger partial charge in [0.2, 0.25) is 5.91 Å². The van der Waals surface area contributed by atoms with Crippen LogP contribution in [0.5, 0.6) is 0 Å². The van der Waals surface area contributed by atoms with Gasteiger partial charge in [0.1, 0.15) is 0 Å². The molecule has 1 fully saturated rings. The summed E-state index contributed by atoms with van der Waals surface area (Å²) in [6.45, 7) is 0.567. The van der Waals surface area contributed by atoms with Crippen molar-refractivity contribution < 1.29 is 13.2 Å². The summed E-state index contributed by atoms with van der Waals surface area (Å²) in [6, 6.07) is 7.11. The second kappa shape index (κ2) is 4.61. The Kier molecular flexibility index (Phi) is 3.06. The number of piperidine rings is 1. The van der Waals surface area contributed by atoms with Crippen LogP contribution in [-0.4, -0.2) is 32.7 Å². The Bertz CT molecular complexity index is 602. The van der Waals surface area contributed by atoms with Gasteiger partial charge in [-0.25, -0.2) is 8.42 Å². The van der Waals surface area contributed by atoms with Gasteiger partial charge in [-0.3, -0.25) is 4.79 Å². The quantitative estimate of drug-likeness (QED) is 0.821. The zero-order valence-corrected chi connectivity index (χ0v) is 11.2. The molecular weight excluding hydrogens is 264 g/mol. The molecule has 0 radical (unpaired) electrons. The standard InChI is InChI=1S/C13H16N2O3S/c16-13-6-5-9(7-14-13)15-11-8-19(17,18)12-4-2-1-3-10(11)12/h1-4,9,11,15H,5-8H2,(H,14,16). The second-order valence-corrected chi connectivity index (χ2v) is 7.08. The molecule has 2 heterocycles. The maximum absolute atomic E-state index is 12.0. The van der Waals surface area contributed by atoms with Crippen LogP contribution in [0.4, 0.5) is 0 Å². The lowest BCUT2D eigenvalue weighted by atomic mass is 10.0. The zero-order valence-electron chi connectivity index (χ0n) is 10.4. The average molecular weight is 280 g/mol. The van der Waals surface area contributed by atoms with E-state index < -0.39 is 9.84 Å². The molecule has 2 aliphatic heterocycles. The van der Waals surface area contributed by atoms with Crippen LogP contribution in [0, 0.1) is 0 Å². The highest BCUT2D eigenvalue weighted by molar-refractivity contribution is 7.91. The molecule has 2 aliphatic rings. The van der Waals surface area contributed by atoms with E-state index >= 15 is 0 Å². The Labute approximate surface area is 112 Å². The molecule has 0 aromatic heterocycles. The van der Waals surface area contributed by atoms with Crippen molar-refractivity contribution in [3.8, 4) is 0 Å². The molecule has 102 valence electrons. The third-order valence-electron chi connectivity index (χ3n) is 3.72. The molecule has 2 atom stereocenters. The lowest BCUT2D eigenvalue weighted by molar-refractivity contribution is -0.122. The fourth-order valence-corrected chi connectivity index (χ4v) is 4.50. The molecule has 0 bridgehead atoms. The first-order chi connectivity index (χ1) is 9.06. The van der Waals surface area contributed by atoms with Gasteiger partial charge >= 0.3 is 0 Å². The van der Waals surface area contributed by atoms with Crippen LogP contribution in [0.25, 0.3) is 0 Å². The predicted molar refractivity (Wildman–Crippen MR) is 70.4 cm³/mol. The molecule has 1 aromatic rings. The highest BCUT2D eigenvalue weighted by Crippen LogP contribution is 2.33. The Balaban J connectivity index is 1.79. The maximum Gasteiger partial charge on any atom is 0.220 e. The van der Waals surface area contributed by atoms with Crippen LogP contribution >= 0.6 is 0 Å². The molecule has 2 unspecified atom stereocenters. The summed E-state index contributed by atoms with van der Waals surface area (Å²) in [5.41, 5.74) is 0.847. The average Bonchev–Trinajstić information content (AvgIpc) is 2.65. The van der Waals surface area contributed by atoms with Crippen molar-refractivity contribution in [2.45, 2.75) is 29.8 Å². The van der Waals surface area contributed by atoms with E-state index in [-0.39, 0.29) is 23.7 Å². The monoisotopic (exact) mass is 280 g/mol. The summed E-state index contributed by atoms with van der Waals surface area (Å²) in [7, 11) is -3.17. The van der Waals surface area contributed by atoms with Crippen molar-refractivity contribution in [1.29, 1.82) is 0 Å². The third-order valence-corrected chi connectivity index (χ3v) is 5.53. The summed E-state index contributed by atoms with van der Waals surface area (Å²) in [5.74, 6) is 0.175. The van der Waals surface area contributed by atoms with Crippen LogP contribution in [0.2, 0.25) is 0 Å². The van der Waals surface area contributed by atoms with Crippen molar-refractivity contribution in [2.24, 2.45) is 0 Å². The number of amides is 1. The van der Waals surface area contributed by atoms with Crippen LogP contribution < -0.4 is 10.6 Å². The molecule has 6 heteroatoms. The third kappa shape index (κ3) is 2.37. The summed E-state index contributed by atoms with van der Waals surface area (Å²) in [4.78, 5) is 11.5. The first kappa shape index (κ1) is 12.6. The fraction of sp³-hybridized carbons (Fsp3) is 0.462. The molecule has 1 saturated heterocycles. The Morgan fingerprint density at radius 1 is 1.26 bits per heavy atom. The fourth-order valence-electron chi connectivity index (χ4n) is 2.75. The van der Waals surface area contributed by atoms with Crippen molar-refractivity contribution in [3.63, 3.8) is 0 Å². The van der Waals surface area contributed by atoms with Crippen molar-refractivity contribution in [1.82, 2.24) is 10.6 Å². The van der Waals surface area contributed by atoms with Crippen molar-refractivity contribution in [3.05, 3.63) is 29.8 Å². The number of hydrogen-bond acceptors (Lipinski definition) is 4. The minimum absolute atomic E-state index is 0.0671. The number of fused-ring (bicyclic) bond motifs is 1. The van der Waals surface area contributed by atoms with Gasteiger partial charge in [-0.1, -0.05) is 18.2 Å². The van der Waals surface area contributed by atoms with Gasteiger partial charge < -0.3 is 10.6 Å². The minimum atomic E-state index is -3.17. The van der Waals surface area contributed by atoms with E-state index in [1.165, 1.54) is 0 Å². The Morgan fingerprint density at radius 3 is 2.79 bits per heavy atom. The van der Waals surface area contributed by atoms with Crippen LogP contribution in [-0.2, 0) is 14.6 Å². The van der Waals surface area contributed by atoms with Crippen molar-refractivity contribution in [2.75, 3.05) is 12.3 Å². The predicted octanol–water partition coefficient (Wildman–Crippen LogP) is 0.383. The number of hydrogen-bond donors (Lipinski definition) is 2. The zero-order chi connectivity index (χ0) is 13.5. The minimum Gasteiger partial charge on any atom is -0.355 e. The highest BCUT2D eigenvalue weighted by Gasteiger charge is 2.35. The van der Waals surface area contributed by atoms with Gasteiger partial charge in [0.05, 0.1) is 10.6 Å². The van der Waals surface area contributed by atoms with Gasteiger partial charge in [-0.15, -0.1) is 0 Å². The number of nitrogens with one attached hydrogen (secondary N) is 2. The van der Waals surface area contributed by atoms with Crippen LogP contribution in [0.1, 0.15) is 24.4 Å². The molecule has 3 rings (SSSR count). The number of carbonyl (C=O) groups is 1. The molecule has 19 heavy (non-hydrogen) atoms. The van der Waals surface area contributed by atoms with E-state index in [1.54, 1.807) is 12.1 Å². The molecular formula is C13H16N2O3S.